The quantitative estimate of drug-likeness (QED) is 0.806. The molecule has 0 aromatic heterocycles. The van der Waals surface area contributed by atoms with E-state index in [1.54, 1.807) is 12.1 Å². The number of carbonyl (C=O) groups excluding carboxylic acids is 1. The Balaban J connectivity index is 2.62. The monoisotopic (exact) mass is 267 g/mol. The van der Waals surface area contributed by atoms with Gasteiger partial charge in [0.1, 0.15) is 0 Å². The number of benzene rings is 1. The van der Waals surface area contributed by atoms with Gasteiger partial charge in [-0.1, -0.05) is 43.6 Å². The van der Waals surface area contributed by atoms with E-state index >= 15 is 0 Å². The first-order valence-corrected chi connectivity index (χ1v) is 6.26. The highest BCUT2D eigenvalue weighted by molar-refractivity contribution is 6.32. The summed E-state index contributed by atoms with van der Waals surface area (Å²) < 4.78 is 0. The summed E-state index contributed by atoms with van der Waals surface area (Å²) in [6, 6.07) is 7.06. The first-order chi connectivity index (χ1) is 8.54. The molecule has 0 saturated carbocycles. The molecule has 98 valence electrons. The Morgan fingerprint density at radius 1 is 1.44 bits per heavy atom. The summed E-state index contributed by atoms with van der Waals surface area (Å²) in [6.07, 6.45) is 3.08. The molecule has 0 radical (unpaired) electrons. The van der Waals surface area contributed by atoms with Gasteiger partial charge in [-0.2, -0.15) is 0 Å². The smallest absolute Gasteiger partial charge is 0.244 e. The molecular weight excluding hydrogens is 250 g/mol. The molecule has 0 spiro atoms. The highest BCUT2D eigenvalue weighted by Gasteiger charge is 2.13. The number of hydrogen-bond acceptors (Lipinski definition) is 2. The predicted octanol–water partition coefficient (Wildman–Crippen LogP) is 2.49. The molecule has 1 aromatic carbocycles. The molecule has 1 atom stereocenters. The van der Waals surface area contributed by atoms with Gasteiger partial charge in [-0.25, -0.2) is 0 Å². The molecule has 18 heavy (non-hydrogen) atoms. The summed E-state index contributed by atoms with van der Waals surface area (Å²) in [4.78, 5) is 11.6. The molecule has 2 N–H and O–H groups in total. The van der Waals surface area contributed by atoms with E-state index in [9.17, 15) is 4.79 Å². The van der Waals surface area contributed by atoms with Gasteiger partial charge in [0, 0.05) is 11.1 Å². The second kappa shape index (κ2) is 7.19. The maximum absolute atomic E-state index is 11.6. The molecule has 0 heterocycles. The fraction of sp³-hybridized carbons (Fsp3) is 0.357. The van der Waals surface area contributed by atoms with Crippen LogP contribution in [0.4, 0.5) is 0 Å². The number of amides is 1. The van der Waals surface area contributed by atoms with Crippen molar-refractivity contribution >= 4 is 23.6 Å². The van der Waals surface area contributed by atoms with Crippen LogP contribution in [0.5, 0.6) is 0 Å². The molecule has 0 aliphatic rings. The summed E-state index contributed by atoms with van der Waals surface area (Å²) in [6.45, 7) is 3.82. The van der Waals surface area contributed by atoms with Gasteiger partial charge in [0.05, 0.1) is 12.6 Å². The van der Waals surface area contributed by atoms with Crippen molar-refractivity contribution in [3.05, 3.63) is 40.9 Å². The molecule has 1 amide bonds. The molecule has 1 aromatic rings. The minimum Gasteiger partial charge on any atom is -0.394 e. The third kappa shape index (κ3) is 4.51. The van der Waals surface area contributed by atoms with E-state index in [1.807, 2.05) is 32.0 Å². The van der Waals surface area contributed by atoms with Crippen molar-refractivity contribution in [3.8, 4) is 0 Å². The number of aliphatic hydroxyl groups excluding tert-OH is 1. The lowest BCUT2D eigenvalue weighted by Gasteiger charge is -2.18. The highest BCUT2D eigenvalue weighted by Crippen LogP contribution is 2.16. The highest BCUT2D eigenvalue weighted by atomic mass is 35.5. The maximum Gasteiger partial charge on any atom is 0.244 e. The lowest BCUT2D eigenvalue weighted by atomic mass is 10.1. The lowest BCUT2D eigenvalue weighted by Crippen LogP contribution is -2.40. The molecule has 0 bridgehead atoms. The van der Waals surface area contributed by atoms with Crippen LogP contribution in [-0.2, 0) is 4.79 Å². The van der Waals surface area contributed by atoms with E-state index in [0.29, 0.717) is 5.02 Å². The van der Waals surface area contributed by atoms with Gasteiger partial charge in [-0.05, 0) is 23.6 Å². The molecule has 0 aliphatic carbocycles. The van der Waals surface area contributed by atoms with Crippen LogP contribution in [0.1, 0.15) is 19.4 Å². The van der Waals surface area contributed by atoms with Gasteiger partial charge < -0.3 is 10.4 Å². The Morgan fingerprint density at radius 3 is 2.67 bits per heavy atom. The first kappa shape index (κ1) is 14.7. The molecule has 0 aliphatic heterocycles. The average molecular weight is 268 g/mol. The average Bonchev–Trinajstić information content (AvgIpc) is 2.34. The van der Waals surface area contributed by atoms with Gasteiger partial charge in [-0.3, -0.25) is 4.79 Å². The third-order valence-corrected chi connectivity index (χ3v) is 2.99. The number of halogens is 1. The zero-order chi connectivity index (χ0) is 13.5. The van der Waals surface area contributed by atoms with E-state index in [-0.39, 0.29) is 24.5 Å². The SMILES string of the molecule is CC(C)C(CO)NC(=O)C=Cc1ccccc1Cl. The Hall–Kier alpha value is -1.32. The van der Waals surface area contributed by atoms with Crippen LogP contribution in [0.25, 0.3) is 6.08 Å². The molecular formula is C14H18ClNO2. The van der Waals surface area contributed by atoms with Crippen molar-refractivity contribution < 1.29 is 9.90 Å². The molecule has 1 unspecified atom stereocenters. The Labute approximate surface area is 112 Å². The van der Waals surface area contributed by atoms with Crippen molar-refractivity contribution in [1.82, 2.24) is 5.32 Å². The number of aliphatic hydroxyl groups is 1. The summed E-state index contributed by atoms with van der Waals surface area (Å²) in [5, 5.41) is 12.5. The van der Waals surface area contributed by atoms with Gasteiger partial charge in [0.25, 0.3) is 0 Å². The van der Waals surface area contributed by atoms with Crippen molar-refractivity contribution in [2.45, 2.75) is 19.9 Å². The zero-order valence-electron chi connectivity index (χ0n) is 10.6. The van der Waals surface area contributed by atoms with Crippen molar-refractivity contribution in [3.63, 3.8) is 0 Å². The maximum atomic E-state index is 11.6. The number of rotatable bonds is 5. The number of carbonyl (C=O) groups is 1. The van der Waals surface area contributed by atoms with Crippen LogP contribution in [0.3, 0.4) is 0 Å². The Kier molecular flexibility index (Phi) is 5.89. The van der Waals surface area contributed by atoms with E-state index in [0.717, 1.165) is 5.56 Å². The van der Waals surface area contributed by atoms with Crippen molar-refractivity contribution in [2.24, 2.45) is 5.92 Å². The lowest BCUT2D eigenvalue weighted by molar-refractivity contribution is -0.117. The summed E-state index contributed by atoms with van der Waals surface area (Å²) in [5.41, 5.74) is 0.791. The van der Waals surface area contributed by atoms with E-state index < -0.39 is 0 Å². The summed E-state index contributed by atoms with van der Waals surface area (Å²) in [5.74, 6) is -0.0460. The van der Waals surface area contributed by atoms with Crippen LogP contribution in [0.15, 0.2) is 30.3 Å². The van der Waals surface area contributed by atoms with Crippen LogP contribution >= 0.6 is 11.6 Å². The van der Waals surface area contributed by atoms with E-state index in [1.165, 1.54) is 6.08 Å². The van der Waals surface area contributed by atoms with Crippen molar-refractivity contribution in [2.75, 3.05) is 6.61 Å². The fourth-order valence-electron chi connectivity index (χ4n) is 1.43. The second-order valence-electron chi connectivity index (χ2n) is 4.40. The number of hydrogen-bond donors (Lipinski definition) is 2. The minimum absolute atomic E-state index is 0.0661. The van der Waals surface area contributed by atoms with Crippen LogP contribution in [0.2, 0.25) is 5.02 Å². The normalized spacial score (nSPS) is 12.9. The third-order valence-electron chi connectivity index (χ3n) is 2.65. The standard InChI is InChI=1S/C14H18ClNO2/c1-10(2)13(9-17)16-14(18)8-7-11-5-3-4-6-12(11)15/h3-8,10,13,17H,9H2,1-2H3,(H,16,18). The van der Waals surface area contributed by atoms with E-state index in [4.69, 9.17) is 16.7 Å². The van der Waals surface area contributed by atoms with Gasteiger partial charge in [0.2, 0.25) is 5.91 Å². The molecule has 0 saturated heterocycles. The van der Waals surface area contributed by atoms with Crippen LogP contribution < -0.4 is 5.32 Å². The topological polar surface area (TPSA) is 49.3 Å². The molecule has 0 fully saturated rings. The molecule has 3 nitrogen and oxygen atoms in total. The summed E-state index contributed by atoms with van der Waals surface area (Å²) in [7, 11) is 0. The summed E-state index contributed by atoms with van der Waals surface area (Å²) >= 11 is 5.97. The zero-order valence-corrected chi connectivity index (χ0v) is 11.3. The second-order valence-corrected chi connectivity index (χ2v) is 4.80. The predicted molar refractivity (Wildman–Crippen MR) is 74.3 cm³/mol. The van der Waals surface area contributed by atoms with Crippen molar-refractivity contribution in [1.29, 1.82) is 0 Å². The van der Waals surface area contributed by atoms with Crippen LogP contribution in [-0.4, -0.2) is 23.7 Å². The Bertz CT molecular complexity index is 430. The van der Waals surface area contributed by atoms with Gasteiger partial charge >= 0.3 is 0 Å². The molecule has 1 rings (SSSR count). The van der Waals surface area contributed by atoms with Gasteiger partial charge in [0.15, 0.2) is 0 Å². The van der Waals surface area contributed by atoms with E-state index in [2.05, 4.69) is 5.32 Å². The van der Waals surface area contributed by atoms with Gasteiger partial charge in [-0.15, -0.1) is 0 Å². The fourth-order valence-corrected chi connectivity index (χ4v) is 1.63. The van der Waals surface area contributed by atoms with Crippen LogP contribution in [0, 0.1) is 5.92 Å². The largest absolute Gasteiger partial charge is 0.394 e. The first-order valence-electron chi connectivity index (χ1n) is 5.88. The molecule has 4 heteroatoms. The Morgan fingerprint density at radius 2 is 2.11 bits per heavy atom. The minimum atomic E-state index is -0.234. The number of nitrogens with one attached hydrogen (secondary N) is 1.